The number of H-pyrrole nitrogens is 1. The quantitative estimate of drug-likeness (QED) is 0.475. The lowest BCUT2D eigenvalue weighted by Gasteiger charge is -2.37. The number of ether oxygens (including phenoxy) is 2. The molecule has 0 radical (unpaired) electrons. The Labute approximate surface area is 205 Å². The molecule has 1 aliphatic heterocycles. The third-order valence-corrected chi connectivity index (χ3v) is 7.75. The molecule has 3 heterocycles. The Balaban J connectivity index is 1.55. The van der Waals surface area contributed by atoms with Crippen molar-refractivity contribution in [3.63, 3.8) is 0 Å². The molecule has 9 heteroatoms. The first-order chi connectivity index (χ1) is 16.9. The highest BCUT2D eigenvalue weighted by atomic mass is 16.7. The number of aromatic nitrogens is 5. The second-order valence-electron chi connectivity index (χ2n) is 10.4. The van der Waals surface area contributed by atoms with Crippen molar-refractivity contribution in [3.05, 3.63) is 39.9 Å². The number of fused-ring (bicyclic) bond motifs is 2. The summed E-state index contributed by atoms with van der Waals surface area (Å²) in [5, 5.41) is 14.0. The summed E-state index contributed by atoms with van der Waals surface area (Å²) in [4.78, 5) is 18.8. The van der Waals surface area contributed by atoms with Gasteiger partial charge in [0.2, 0.25) is 6.79 Å². The summed E-state index contributed by atoms with van der Waals surface area (Å²) in [5.74, 6) is 2.28. The molecule has 0 bridgehead atoms. The minimum absolute atomic E-state index is 0.0378. The highest BCUT2D eigenvalue weighted by Gasteiger charge is 2.35. The monoisotopic (exact) mass is 480 g/mol. The van der Waals surface area contributed by atoms with Crippen LogP contribution in [0, 0.1) is 0 Å². The minimum atomic E-state index is -0.185. The van der Waals surface area contributed by atoms with E-state index < -0.39 is 0 Å². The van der Waals surface area contributed by atoms with E-state index in [-0.39, 0.29) is 23.9 Å². The van der Waals surface area contributed by atoms with Crippen molar-refractivity contribution in [3.8, 4) is 11.5 Å². The zero-order valence-electron chi connectivity index (χ0n) is 21.2. The van der Waals surface area contributed by atoms with Crippen LogP contribution in [0.4, 0.5) is 0 Å². The van der Waals surface area contributed by atoms with E-state index >= 15 is 0 Å². The van der Waals surface area contributed by atoms with E-state index in [0.717, 1.165) is 54.4 Å². The van der Waals surface area contributed by atoms with Gasteiger partial charge in [0, 0.05) is 29.6 Å². The van der Waals surface area contributed by atoms with Gasteiger partial charge in [0.1, 0.15) is 0 Å². The molecule has 1 fully saturated rings. The molecule has 2 aromatic heterocycles. The topological polar surface area (TPSA) is 98.2 Å². The van der Waals surface area contributed by atoms with Crippen LogP contribution in [0.15, 0.2) is 23.0 Å². The fraction of sp³-hybridized carbons (Fsp3) is 0.615. The van der Waals surface area contributed by atoms with Gasteiger partial charge in [-0.25, -0.2) is 4.68 Å². The lowest BCUT2D eigenvalue weighted by Crippen LogP contribution is -2.41. The van der Waals surface area contributed by atoms with Crippen LogP contribution in [-0.4, -0.2) is 42.9 Å². The van der Waals surface area contributed by atoms with Gasteiger partial charge in [-0.2, -0.15) is 0 Å². The number of hydrogen-bond donors (Lipinski definition) is 1. The Bertz CT molecular complexity index is 1240. The zero-order valence-corrected chi connectivity index (χ0v) is 21.2. The van der Waals surface area contributed by atoms with E-state index in [0.29, 0.717) is 24.1 Å². The first kappa shape index (κ1) is 23.8. The zero-order chi connectivity index (χ0) is 24.6. The van der Waals surface area contributed by atoms with Crippen LogP contribution < -0.4 is 15.0 Å². The van der Waals surface area contributed by atoms with Gasteiger partial charge < -0.3 is 14.5 Å². The molecular formula is C26H36N6O3. The van der Waals surface area contributed by atoms with Gasteiger partial charge in [0.25, 0.3) is 5.56 Å². The number of rotatable bonds is 9. The second-order valence-corrected chi connectivity index (χ2v) is 10.4. The normalized spacial score (nSPS) is 17.1. The standard InChI is InChI=1S/C26H36N6O3/c1-5-9-21(24-28-29-30-32(24)26(3,4)6-2)31(19-10-7-8-11-19)15-18-12-17-13-22-23(35-16-34-22)14-20(17)27-25(18)33/h12-14,19,21H,5-11,15-16H2,1-4H3,(H,27,33). The van der Waals surface area contributed by atoms with E-state index in [1.165, 1.54) is 12.8 Å². The molecule has 1 saturated carbocycles. The fourth-order valence-electron chi connectivity index (χ4n) is 5.38. The van der Waals surface area contributed by atoms with E-state index in [1.54, 1.807) is 0 Å². The summed E-state index contributed by atoms with van der Waals surface area (Å²) in [6, 6.07) is 6.23. The Morgan fingerprint density at radius 2 is 1.91 bits per heavy atom. The molecule has 35 heavy (non-hydrogen) atoms. The van der Waals surface area contributed by atoms with Gasteiger partial charge in [0.15, 0.2) is 17.3 Å². The van der Waals surface area contributed by atoms with E-state index in [2.05, 4.69) is 53.1 Å². The fourth-order valence-corrected chi connectivity index (χ4v) is 5.38. The third kappa shape index (κ3) is 4.53. The molecule has 2 aliphatic rings. The number of nitrogens with zero attached hydrogens (tertiary/aromatic N) is 5. The number of aromatic amines is 1. The van der Waals surface area contributed by atoms with E-state index in [4.69, 9.17) is 9.47 Å². The summed E-state index contributed by atoms with van der Waals surface area (Å²) in [7, 11) is 0. The van der Waals surface area contributed by atoms with Gasteiger partial charge in [0.05, 0.1) is 17.1 Å². The number of tetrazole rings is 1. The second kappa shape index (κ2) is 9.60. The predicted octanol–water partition coefficient (Wildman–Crippen LogP) is 4.67. The largest absolute Gasteiger partial charge is 0.454 e. The molecule has 0 amide bonds. The molecule has 0 spiro atoms. The maximum Gasteiger partial charge on any atom is 0.252 e. The lowest BCUT2D eigenvalue weighted by atomic mass is 9.99. The Morgan fingerprint density at radius 3 is 2.63 bits per heavy atom. The first-order valence-corrected chi connectivity index (χ1v) is 12.9. The van der Waals surface area contributed by atoms with Crippen molar-refractivity contribution < 1.29 is 9.47 Å². The average molecular weight is 481 g/mol. The maximum absolute atomic E-state index is 13.2. The van der Waals surface area contributed by atoms with Crippen LogP contribution in [0.3, 0.4) is 0 Å². The van der Waals surface area contributed by atoms with Crippen LogP contribution in [-0.2, 0) is 12.1 Å². The Hall–Kier alpha value is -2.94. The van der Waals surface area contributed by atoms with Crippen LogP contribution in [0.2, 0.25) is 0 Å². The highest BCUT2D eigenvalue weighted by Crippen LogP contribution is 2.37. The molecule has 1 aromatic carbocycles. The summed E-state index contributed by atoms with van der Waals surface area (Å²) in [6.45, 7) is 9.47. The van der Waals surface area contributed by atoms with Crippen molar-refractivity contribution in [2.24, 2.45) is 0 Å². The molecule has 0 saturated heterocycles. The smallest absolute Gasteiger partial charge is 0.252 e. The minimum Gasteiger partial charge on any atom is -0.454 e. The molecule has 188 valence electrons. The molecule has 1 unspecified atom stereocenters. The number of benzene rings is 1. The highest BCUT2D eigenvalue weighted by molar-refractivity contribution is 5.83. The third-order valence-electron chi connectivity index (χ3n) is 7.75. The molecule has 3 aromatic rings. The first-order valence-electron chi connectivity index (χ1n) is 12.9. The van der Waals surface area contributed by atoms with Crippen molar-refractivity contribution >= 4 is 10.9 Å². The van der Waals surface area contributed by atoms with Crippen molar-refractivity contribution in [2.45, 2.75) is 96.8 Å². The van der Waals surface area contributed by atoms with Gasteiger partial charge >= 0.3 is 0 Å². The van der Waals surface area contributed by atoms with Gasteiger partial charge in [-0.15, -0.1) is 5.10 Å². The van der Waals surface area contributed by atoms with Crippen molar-refractivity contribution in [1.82, 2.24) is 30.1 Å². The maximum atomic E-state index is 13.2. The summed E-state index contributed by atoms with van der Waals surface area (Å²) in [5.41, 5.74) is 1.25. The SMILES string of the molecule is CCCC(c1nnnn1C(C)(C)CC)N(Cc1cc2cc3c(cc2[nH]c1=O)OCO3)C1CCCC1. The molecular weight excluding hydrogens is 444 g/mol. The van der Waals surface area contributed by atoms with Crippen LogP contribution in [0.1, 0.15) is 90.1 Å². The van der Waals surface area contributed by atoms with E-state index in [1.807, 2.05) is 22.9 Å². The molecule has 1 atom stereocenters. The van der Waals surface area contributed by atoms with Gasteiger partial charge in [-0.1, -0.05) is 33.1 Å². The van der Waals surface area contributed by atoms with Gasteiger partial charge in [-0.3, -0.25) is 9.69 Å². The molecule has 1 aliphatic carbocycles. The molecule has 9 nitrogen and oxygen atoms in total. The average Bonchev–Trinajstić information content (AvgIpc) is 3.61. The van der Waals surface area contributed by atoms with Crippen molar-refractivity contribution in [2.75, 3.05) is 6.79 Å². The Morgan fingerprint density at radius 1 is 1.17 bits per heavy atom. The summed E-state index contributed by atoms with van der Waals surface area (Å²) < 4.78 is 13.0. The number of pyridine rings is 1. The van der Waals surface area contributed by atoms with E-state index in [9.17, 15) is 4.79 Å². The van der Waals surface area contributed by atoms with Gasteiger partial charge in [-0.05, 0) is 62.1 Å². The predicted molar refractivity (Wildman–Crippen MR) is 134 cm³/mol. The molecule has 5 rings (SSSR count). The number of hydrogen-bond acceptors (Lipinski definition) is 7. The van der Waals surface area contributed by atoms with Crippen LogP contribution in [0.5, 0.6) is 11.5 Å². The molecule has 1 N–H and O–H groups in total. The summed E-state index contributed by atoms with van der Waals surface area (Å²) in [6.07, 6.45) is 7.54. The van der Waals surface area contributed by atoms with Crippen LogP contribution in [0.25, 0.3) is 10.9 Å². The summed E-state index contributed by atoms with van der Waals surface area (Å²) >= 11 is 0. The number of nitrogens with one attached hydrogen (secondary N) is 1. The van der Waals surface area contributed by atoms with Crippen molar-refractivity contribution in [1.29, 1.82) is 0 Å². The lowest BCUT2D eigenvalue weighted by molar-refractivity contribution is 0.102. The van der Waals surface area contributed by atoms with Crippen LogP contribution >= 0.6 is 0 Å². The Kier molecular flexibility index (Phi) is 6.53.